The Kier molecular flexibility index (Phi) is 5.38. The first-order chi connectivity index (χ1) is 9.69. The quantitative estimate of drug-likeness (QED) is 0.697. The van der Waals surface area contributed by atoms with E-state index in [4.69, 9.17) is 0 Å². The van der Waals surface area contributed by atoms with Gasteiger partial charge in [-0.2, -0.15) is 0 Å². The summed E-state index contributed by atoms with van der Waals surface area (Å²) in [5.41, 5.74) is 1.64. The topological polar surface area (TPSA) is 3.24 Å². The largest absolute Gasteiger partial charge is 0.299 e. The number of nitrogens with zero attached hydrogens (tertiary/aromatic N) is 1. The van der Waals surface area contributed by atoms with Gasteiger partial charge in [0.25, 0.3) is 0 Å². The van der Waals surface area contributed by atoms with Gasteiger partial charge in [0.15, 0.2) is 0 Å². The van der Waals surface area contributed by atoms with Crippen LogP contribution in [0.5, 0.6) is 0 Å². The van der Waals surface area contributed by atoms with E-state index in [1.807, 2.05) is 11.3 Å². The van der Waals surface area contributed by atoms with Crippen molar-refractivity contribution in [2.45, 2.75) is 38.1 Å². The Bertz CT molecular complexity index is 489. The van der Waals surface area contributed by atoms with E-state index in [0.29, 0.717) is 0 Å². The van der Waals surface area contributed by atoms with E-state index in [9.17, 15) is 0 Å². The second-order valence-electron chi connectivity index (χ2n) is 5.60. The molecule has 2 rings (SSSR count). The van der Waals surface area contributed by atoms with Crippen molar-refractivity contribution in [3.63, 3.8) is 0 Å². The van der Waals surface area contributed by atoms with Gasteiger partial charge >= 0.3 is 0 Å². The highest BCUT2D eigenvalue weighted by atomic mass is 32.1. The second-order valence-corrected chi connectivity index (χ2v) is 6.54. The Morgan fingerprint density at radius 2 is 1.80 bits per heavy atom. The Labute approximate surface area is 127 Å². The van der Waals surface area contributed by atoms with E-state index >= 15 is 0 Å². The van der Waals surface area contributed by atoms with E-state index in [1.165, 1.54) is 29.7 Å². The van der Waals surface area contributed by atoms with Crippen LogP contribution in [0.15, 0.2) is 47.8 Å². The monoisotopic (exact) mass is 287 g/mol. The van der Waals surface area contributed by atoms with Crippen LogP contribution in [0.4, 0.5) is 0 Å². The molecule has 0 fully saturated rings. The molecule has 0 bridgehead atoms. The SMILES string of the molecule is CCC(CCCc1ccccc1)(c1cccs1)N(C)C. The van der Waals surface area contributed by atoms with Crippen molar-refractivity contribution < 1.29 is 0 Å². The lowest BCUT2D eigenvalue weighted by Crippen LogP contribution is -2.40. The van der Waals surface area contributed by atoms with E-state index in [2.05, 4.69) is 73.8 Å². The van der Waals surface area contributed by atoms with E-state index < -0.39 is 0 Å². The first kappa shape index (κ1) is 15.3. The van der Waals surface area contributed by atoms with Crippen LogP contribution in [0, 0.1) is 0 Å². The molecule has 1 aromatic heterocycles. The van der Waals surface area contributed by atoms with E-state index in [-0.39, 0.29) is 5.54 Å². The zero-order valence-electron chi connectivity index (χ0n) is 12.8. The number of benzene rings is 1. The van der Waals surface area contributed by atoms with Gasteiger partial charge in [0.2, 0.25) is 0 Å². The smallest absolute Gasteiger partial charge is 0.0546 e. The highest BCUT2D eigenvalue weighted by Crippen LogP contribution is 2.38. The maximum atomic E-state index is 2.41. The van der Waals surface area contributed by atoms with Crippen molar-refractivity contribution in [2.24, 2.45) is 0 Å². The fraction of sp³-hybridized carbons (Fsp3) is 0.444. The van der Waals surface area contributed by atoms with Crippen LogP contribution in [0.2, 0.25) is 0 Å². The predicted molar refractivity (Wildman–Crippen MR) is 89.4 cm³/mol. The van der Waals surface area contributed by atoms with E-state index in [1.54, 1.807) is 0 Å². The van der Waals surface area contributed by atoms with Crippen LogP contribution in [0.1, 0.15) is 36.6 Å². The molecule has 1 nitrogen and oxygen atoms in total. The third-order valence-corrected chi connectivity index (χ3v) is 5.38. The Morgan fingerprint density at radius 1 is 1.05 bits per heavy atom. The first-order valence-electron chi connectivity index (χ1n) is 7.44. The fourth-order valence-electron chi connectivity index (χ4n) is 3.01. The van der Waals surface area contributed by atoms with Crippen molar-refractivity contribution in [1.29, 1.82) is 0 Å². The first-order valence-corrected chi connectivity index (χ1v) is 8.32. The predicted octanol–water partition coefficient (Wildman–Crippen LogP) is 4.94. The highest BCUT2D eigenvalue weighted by molar-refractivity contribution is 7.10. The molecule has 0 aliphatic carbocycles. The molecule has 1 atom stereocenters. The number of hydrogen-bond donors (Lipinski definition) is 0. The van der Waals surface area contributed by atoms with Crippen molar-refractivity contribution in [3.8, 4) is 0 Å². The summed E-state index contributed by atoms with van der Waals surface area (Å²) in [6.07, 6.45) is 4.77. The summed E-state index contributed by atoms with van der Waals surface area (Å²) < 4.78 is 0. The number of aryl methyl sites for hydroxylation is 1. The van der Waals surface area contributed by atoms with Crippen molar-refractivity contribution in [1.82, 2.24) is 4.90 Å². The van der Waals surface area contributed by atoms with Gasteiger partial charge in [-0.3, -0.25) is 4.90 Å². The van der Waals surface area contributed by atoms with Crippen LogP contribution in [0.25, 0.3) is 0 Å². The Balaban J connectivity index is 2.06. The third kappa shape index (κ3) is 3.31. The summed E-state index contributed by atoms with van der Waals surface area (Å²) in [7, 11) is 4.43. The molecule has 0 radical (unpaired) electrons. The van der Waals surface area contributed by atoms with Crippen LogP contribution >= 0.6 is 11.3 Å². The lowest BCUT2D eigenvalue weighted by Gasteiger charge is -2.39. The average Bonchev–Trinajstić information content (AvgIpc) is 2.99. The standard InChI is InChI=1S/C18H25NS/c1-4-18(19(2)3,17-13-9-15-20-17)14-8-12-16-10-6-5-7-11-16/h5-7,9-11,13,15H,4,8,12,14H2,1-3H3. The van der Waals surface area contributed by atoms with Gasteiger partial charge in [-0.05, 0) is 56.8 Å². The van der Waals surface area contributed by atoms with Gasteiger partial charge in [-0.15, -0.1) is 11.3 Å². The lowest BCUT2D eigenvalue weighted by molar-refractivity contribution is 0.133. The molecule has 1 heterocycles. The summed E-state index contributed by atoms with van der Waals surface area (Å²) >= 11 is 1.89. The molecule has 0 N–H and O–H groups in total. The zero-order chi connectivity index (χ0) is 14.4. The summed E-state index contributed by atoms with van der Waals surface area (Å²) in [6, 6.07) is 15.3. The second kappa shape index (κ2) is 7.05. The van der Waals surface area contributed by atoms with Crippen molar-refractivity contribution in [3.05, 3.63) is 58.3 Å². The maximum absolute atomic E-state index is 2.41. The van der Waals surface area contributed by atoms with Gasteiger partial charge in [-0.25, -0.2) is 0 Å². The van der Waals surface area contributed by atoms with Gasteiger partial charge in [0, 0.05) is 4.88 Å². The molecule has 0 saturated heterocycles. The molecule has 1 aromatic carbocycles. The molecule has 0 aliphatic heterocycles. The molecule has 108 valence electrons. The lowest BCUT2D eigenvalue weighted by atomic mass is 9.86. The van der Waals surface area contributed by atoms with Gasteiger partial charge in [0.1, 0.15) is 0 Å². The minimum atomic E-state index is 0.197. The number of rotatable bonds is 7. The van der Waals surface area contributed by atoms with Gasteiger partial charge < -0.3 is 0 Å². The maximum Gasteiger partial charge on any atom is 0.0546 e. The van der Waals surface area contributed by atoms with E-state index in [0.717, 1.165) is 6.42 Å². The van der Waals surface area contributed by atoms with Crippen LogP contribution < -0.4 is 0 Å². The third-order valence-electron chi connectivity index (χ3n) is 4.32. The average molecular weight is 287 g/mol. The molecular formula is C18H25NS. The van der Waals surface area contributed by atoms with Crippen LogP contribution in [0.3, 0.4) is 0 Å². The van der Waals surface area contributed by atoms with Crippen LogP contribution in [-0.4, -0.2) is 19.0 Å². The highest BCUT2D eigenvalue weighted by Gasteiger charge is 2.33. The Hall–Kier alpha value is -1.12. The summed E-state index contributed by atoms with van der Waals surface area (Å²) in [5.74, 6) is 0. The van der Waals surface area contributed by atoms with Gasteiger partial charge in [-0.1, -0.05) is 43.3 Å². The molecule has 1 unspecified atom stereocenters. The molecule has 2 aromatic rings. The van der Waals surface area contributed by atoms with Crippen molar-refractivity contribution >= 4 is 11.3 Å². The Morgan fingerprint density at radius 3 is 2.35 bits per heavy atom. The normalized spacial score (nSPS) is 14.4. The molecule has 20 heavy (non-hydrogen) atoms. The van der Waals surface area contributed by atoms with Gasteiger partial charge in [0.05, 0.1) is 5.54 Å². The molecule has 0 aliphatic rings. The van der Waals surface area contributed by atoms with Crippen LogP contribution in [-0.2, 0) is 12.0 Å². The number of thiophene rings is 1. The van der Waals surface area contributed by atoms with Crippen molar-refractivity contribution in [2.75, 3.05) is 14.1 Å². The molecule has 2 heteroatoms. The molecule has 0 spiro atoms. The number of hydrogen-bond acceptors (Lipinski definition) is 2. The minimum absolute atomic E-state index is 0.197. The zero-order valence-corrected chi connectivity index (χ0v) is 13.6. The summed E-state index contributed by atoms with van der Waals surface area (Å²) in [6.45, 7) is 2.31. The fourth-order valence-corrected chi connectivity index (χ4v) is 4.12. The molecule has 0 amide bonds. The minimum Gasteiger partial charge on any atom is -0.299 e. The summed E-state index contributed by atoms with van der Waals surface area (Å²) in [5, 5.41) is 2.19. The summed E-state index contributed by atoms with van der Waals surface area (Å²) in [4.78, 5) is 3.90. The molecular weight excluding hydrogens is 262 g/mol. The molecule has 0 saturated carbocycles.